The second-order valence-corrected chi connectivity index (χ2v) is 8.89. The molecule has 3 heterocycles. The van der Waals surface area contributed by atoms with Crippen LogP contribution in [0.25, 0.3) is 32.1 Å². The smallest absolute Gasteiger partial charge is 0.322 e. The predicted octanol–water partition coefficient (Wildman–Crippen LogP) is 6.64. The van der Waals surface area contributed by atoms with Crippen LogP contribution in [0, 0.1) is 0 Å². The summed E-state index contributed by atoms with van der Waals surface area (Å²) < 4.78 is 1.32. The number of aromatic amines is 1. The fraction of sp³-hybridized carbons (Fsp3) is 0.115. The highest BCUT2D eigenvalue weighted by atomic mass is 32.1. The number of nitrogens with zero attached hydrogens (tertiary/aromatic N) is 1. The summed E-state index contributed by atoms with van der Waals surface area (Å²) >= 11 is 1.79. The van der Waals surface area contributed by atoms with Crippen molar-refractivity contribution in [3.8, 4) is 11.1 Å². The van der Waals surface area contributed by atoms with Gasteiger partial charge in [0.2, 0.25) is 0 Å². The normalized spacial score (nSPS) is 13.5. The zero-order valence-electron chi connectivity index (χ0n) is 16.9. The highest BCUT2D eigenvalue weighted by Gasteiger charge is 2.22. The summed E-state index contributed by atoms with van der Waals surface area (Å²) in [6.07, 6.45) is 2.73. The number of anilines is 1. The number of carbonyl (C=O) groups is 1. The third-order valence-corrected chi connectivity index (χ3v) is 7.09. The second-order valence-electron chi connectivity index (χ2n) is 7.98. The number of benzene rings is 3. The summed E-state index contributed by atoms with van der Waals surface area (Å²) in [6, 6.07) is 23.2. The van der Waals surface area contributed by atoms with E-state index in [-0.39, 0.29) is 6.03 Å². The zero-order valence-corrected chi connectivity index (χ0v) is 17.7. The third-order valence-electron chi connectivity index (χ3n) is 6.13. The lowest BCUT2D eigenvalue weighted by atomic mass is 9.94. The number of aromatic nitrogens is 1. The van der Waals surface area contributed by atoms with Crippen LogP contribution in [0.2, 0.25) is 0 Å². The van der Waals surface area contributed by atoms with Crippen LogP contribution in [0.5, 0.6) is 0 Å². The maximum Gasteiger partial charge on any atom is 0.322 e. The Labute approximate surface area is 184 Å². The van der Waals surface area contributed by atoms with Gasteiger partial charge in [-0.3, -0.25) is 0 Å². The molecule has 1 aliphatic heterocycles. The molecule has 0 fully saturated rings. The quantitative estimate of drug-likeness (QED) is 0.328. The molecule has 5 aromatic rings. The van der Waals surface area contributed by atoms with Crippen LogP contribution in [0.3, 0.4) is 0 Å². The summed E-state index contributed by atoms with van der Waals surface area (Å²) in [5, 5.41) is 7.66. The minimum Gasteiger partial charge on any atom is -0.359 e. The average Bonchev–Trinajstić information content (AvgIpc) is 3.43. The van der Waals surface area contributed by atoms with Crippen molar-refractivity contribution in [3.63, 3.8) is 0 Å². The van der Waals surface area contributed by atoms with Gasteiger partial charge in [-0.05, 0) is 40.6 Å². The van der Waals surface area contributed by atoms with Gasteiger partial charge in [-0.1, -0.05) is 54.6 Å². The number of nitrogens with one attached hydrogen (secondary N) is 2. The number of urea groups is 1. The van der Waals surface area contributed by atoms with E-state index in [4.69, 9.17) is 0 Å². The molecular weight excluding hydrogens is 402 g/mol. The molecule has 31 heavy (non-hydrogen) atoms. The van der Waals surface area contributed by atoms with E-state index in [0.29, 0.717) is 6.54 Å². The summed E-state index contributed by atoms with van der Waals surface area (Å²) in [5.41, 5.74) is 6.96. The van der Waals surface area contributed by atoms with Gasteiger partial charge >= 0.3 is 6.03 Å². The van der Waals surface area contributed by atoms with E-state index < -0.39 is 0 Å². The first-order chi connectivity index (χ1) is 15.3. The van der Waals surface area contributed by atoms with Gasteiger partial charge in [0, 0.05) is 45.8 Å². The van der Waals surface area contributed by atoms with Gasteiger partial charge < -0.3 is 15.2 Å². The van der Waals surface area contributed by atoms with Crippen LogP contribution < -0.4 is 5.32 Å². The number of para-hydroxylation sites is 1. The number of hydrogen-bond acceptors (Lipinski definition) is 2. The third kappa shape index (κ3) is 3.18. The van der Waals surface area contributed by atoms with Crippen LogP contribution in [-0.2, 0) is 13.0 Å². The van der Waals surface area contributed by atoms with Crippen molar-refractivity contribution in [2.75, 3.05) is 11.9 Å². The first-order valence-corrected chi connectivity index (χ1v) is 11.3. The summed E-state index contributed by atoms with van der Waals surface area (Å²) in [4.78, 5) is 18.0. The van der Waals surface area contributed by atoms with Crippen molar-refractivity contribution in [2.45, 2.75) is 13.0 Å². The van der Waals surface area contributed by atoms with E-state index in [9.17, 15) is 4.79 Å². The Morgan fingerprint density at radius 2 is 1.81 bits per heavy atom. The first kappa shape index (κ1) is 18.2. The van der Waals surface area contributed by atoms with Crippen molar-refractivity contribution < 1.29 is 4.79 Å². The maximum absolute atomic E-state index is 12.9. The minimum atomic E-state index is -0.0525. The molecule has 0 saturated heterocycles. The molecule has 5 heteroatoms. The number of thiophene rings is 1. The summed E-state index contributed by atoms with van der Waals surface area (Å²) in [5.74, 6) is 0. The van der Waals surface area contributed by atoms with E-state index in [1.807, 2.05) is 35.4 Å². The van der Waals surface area contributed by atoms with Gasteiger partial charge in [-0.2, -0.15) is 0 Å². The average molecular weight is 424 g/mol. The molecule has 2 aromatic heterocycles. The summed E-state index contributed by atoms with van der Waals surface area (Å²) in [6.45, 7) is 1.35. The Morgan fingerprint density at radius 1 is 0.968 bits per heavy atom. The number of H-pyrrole nitrogens is 1. The molecule has 4 nitrogen and oxygen atoms in total. The lowest BCUT2D eigenvalue weighted by Gasteiger charge is -2.29. The largest absolute Gasteiger partial charge is 0.359 e. The van der Waals surface area contributed by atoms with Crippen LogP contribution in [0.4, 0.5) is 10.5 Å². The molecule has 6 rings (SSSR count). The number of amides is 2. The highest BCUT2D eigenvalue weighted by molar-refractivity contribution is 7.17. The summed E-state index contributed by atoms with van der Waals surface area (Å²) in [7, 11) is 0. The topological polar surface area (TPSA) is 48.1 Å². The van der Waals surface area contributed by atoms with Crippen molar-refractivity contribution >= 4 is 44.0 Å². The maximum atomic E-state index is 12.9. The van der Waals surface area contributed by atoms with E-state index in [1.165, 1.54) is 32.3 Å². The molecule has 0 unspecified atom stereocenters. The first-order valence-electron chi connectivity index (χ1n) is 10.5. The van der Waals surface area contributed by atoms with Gasteiger partial charge in [0.05, 0.1) is 5.69 Å². The van der Waals surface area contributed by atoms with Gasteiger partial charge in [0.25, 0.3) is 0 Å². The Hall–Kier alpha value is -3.57. The lowest BCUT2D eigenvalue weighted by molar-refractivity contribution is 0.206. The molecule has 0 bridgehead atoms. The van der Waals surface area contributed by atoms with Crippen LogP contribution in [0.15, 0.2) is 78.3 Å². The minimum absolute atomic E-state index is 0.0525. The Balaban J connectivity index is 1.23. The van der Waals surface area contributed by atoms with Crippen LogP contribution >= 0.6 is 11.3 Å². The molecule has 3 aromatic carbocycles. The Bertz CT molecular complexity index is 1430. The van der Waals surface area contributed by atoms with Crippen molar-refractivity contribution in [1.82, 2.24) is 9.88 Å². The molecule has 0 saturated carbocycles. The molecule has 0 radical (unpaired) electrons. The van der Waals surface area contributed by atoms with Crippen LogP contribution in [0.1, 0.15) is 11.1 Å². The van der Waals surface area contributed by atoms with E-state index in [0.717, 1.165) is 29.6 Å². The number of fused-ring (bicyclic) bond motifs is 3. The molecule has 152 valence electrons. The second kappa shape index (κ2) is 7.29. The highest BCUT2D eigenvalue weighted by Crippen LogP contribution is 2.35. The fourth-order valence-corrected chi connectivity index (χ4v) is 5.43. The van der Waals surface area contributed by atoms with Gasteiger partial charge in [-0.15, -0.1) is 11.3 Å². The van der Waals surface area contributed by atoms with Gasteiger partial charge in [0.1, 0.15) is 0 Å². The lowest BCUT2D eigenvalue weighted by Crippen LogP contribution is -2.38. The molecule has 0 spiro atoms. The molecular formula is C26H21N3OS. The molecule has 0 aliphatic carbocycles. The molecule has 0 atom stereocenters. The van der Waals surface area contributed by atoms with Crippen molar-refractivity contribution in [1.29, 1.82) is 0 Å². The van der Waals surface area contributed by atoms with Gasteiger partial charge in [-0.25, -0.2) is 4.79 Å². The number of hydrogen-bond donors (Lipinski definition) is 2. The van der Waals surface area contributed by atoms with Crippen molar-refractivity contribution in [3.05, 3.63) is 89.4 Å². The van der Waals surface area contributed by atoms with E-state index in [1.54, 1.807) is 11.3 Å². The Kier molecular flexibility index (Phi) is 4.28. The Morgan fingerprint density at radius 3 is 2.74 bits per heavy atom. The van der Waals surface area contributed by atoms with E-state index >= 15 is 0 Å². The standard InChI is InChI=1S/C26H21N3OS/c30-26(28-24-14-27-23-7-3-1-6-21(23)24)29-12-11-17-13-18(9-10-19(17)15-29)22-16-31-25-8-4-2-5-20(22)25/h1-10,13-14,16,27H,11-12,15H2,(H,28,30). The number of rotatable bonds is 2. The SMILES string of the molecule is O=C(Nc1c[nH]c2ccccc12)N1CCc2cc(-c3csc4ccccc34)ccc2C1. The monoisotopic (exact) mass is 423 g/mol. The van der Waals surface area contributed by atoms with Crippen molar-refractivity contribution in [2.24, 2.45) is 0 Å². The predicted molar refractivity (Wildman–Crippen MR) is 129 cm³/mol. The number of carbonyl (C=O) groups excluding carboxylic acids is 1. The zero-order chi connectivity index (χ0) is 20.8. The van der Waals surface area contributed by atoms with Gasteiger partial charge in [0.15, 0.2) is 0 Å². The molecule has 2 N–H and O–H groups in total. The van der Waals surface area contributed by atoms with E-state index in [2.05, 4.69) is 58.1 Å². The van der Waals surface area contributed by atoms with Crippen LogP contribution in [-0.4, -0.2) is 22.5 Å². The molecule has 1 aliphatic rings. The molecule has 2 amide bonds. The fourth-order valence-electron chi connectivity index (χ4n) is 4.46.